The van der Waals surface area contributed by atoms with Gasteiger partial charge in [0.15, 0.2) is 0 Å². The molecule has 0 aromatic heterocycles. The van der Waals surface area contributed by atoms with Crippen LogP contribution in [-0.4, -0.2) is 17.3 Å². The van der Waals surface area contributed by atoms with Gasteiger partial charge in [-0.15, -0.1) is 11.8 Å². The van der Waals surface area contributed by atoms with Crippen LogP contribution >= 0.6 is 11.8 Å². The first-order chi connectivity index (χ1) is 11.9. The molecule has 132 valence electrons. The Labute approximate surface area is 152 Å². The van der Waals surface area contributed by atoms with E-state index >= 15 is 0 Å². The van der Waals surface area contributed by atoms with Crippen LogP contribution in [0.15, 0.2) is 48.5 Å². The van der Waals surface area contributed by atoms with Crippen molar-refractivity contribution in [3.63, 3.8) is 0 Å². The Morgan fingerprint density at radius 3 is 2.76 bits per heavy atom. The summed E-state index contributed by atoms with van der Waals surface area (Å²) >= 11 is 1.42. The van der Waals surface area contributed by atoms with Crippen LogP contribution in [0.3, 0.4) is 0 Å². The molecule has 0 saturated heterocycles. The lowest BCUT2D eigenvalue weighted by atomic mass is 9.90. The molecule has 0 aliphatic carbocycles. The second-order valence-corrected chi connectivity index (χ2v) is 7.79. The number of ether oxygens (including phenoxy) is 1. The first-order valence-electron chi connectivity index (χ1n) is 8.33. The van der Waals surface area contributed by atoms with Crippen LogP contribution in [0.4, 0.5) is 4.39 Å². The van der Waals surface area contributed by atoms with Gasteiger partial charge in [-0.2, -0.15) is 0 Å². The van der Waals surface area contributed by atoms with Crippen molar-refractivity contribution in [1.82, 2.24) is 5.32 Å². The molecule has 0 saturated carbocycles. The van der Waals surface area contributed by atoms with Crippen molar-refractivity contribution in [1.29, 1.82) is 0 Å². The molecule has 1 heterocycles. The Kier molecular flexibility index (Phi) is 5.33. The maximum absolute atomic E-state index is 13.6. The number of hydrogen-bond acceptors (Lipinski definition) is 3. The summed E-state index contributed by atoms with van der Waals surface area (Å²) in [6.07, 6.45) is 0.716. The molecule has 0 radical (unpaired) electrons. The van der Waals surface area contributed by atoms with Crippen molar-refractivity contribution in [3.05, 3.63) is 65.5 Å². The van der Waals surface area contributed by atoms with Gasteiger partial charge in [-0.05, 0) is 31.5 Å². The highest BCUT2D eigenvalue weighted by molar-refractivity contribution is 7.99. The first-order valence-corrected chi connectivity index (χ1v) is 9.48. The molecule has 2 aromatic rings. The molecule has 3 rings (SSSR count). The van der Waals surface area contributed by atoms with Gasteiger partial charge in [0.1, 0.15) is 17.2 Å². The van der Waals surface area contributed by atoms with Crippen LogP contribution < -0.4 is 10.1 Å². The summed E-state index contributed by atoms with van der Waals surface area (Å²) in [7, 11) is 0. The first kappa shape index (κ1) is 17.8. The second kappa shape index (κ2) is 7.48. The van der Waals surface area contributed by atoms with E-state index in [4.69, 9.17) is 4.74 Å². The number of hydrogen-bond donors (Lipinski definition) is 1. The quantitative estimate of drug-likeness (QED) is 0.855. The van der Waals surface area contributed by atoms with Crippen LogP contribution in [0.25, 0.3) is 0 Å². The van der Waals surface area contributed by atoms with Crippen LogP contribution in [-0.2, 0) is 10.5 Å². The van der Waals surface area contributed by atoms with E-state index < -0.39 is 0 Å². The van der Waals surface area contributed by atoms with E-state index in [1.165, 1.54) is 17.8 Å². The standard InChI is InChI=1S/C20H22FNO2S/c1-20(2)11-17(15-8-4-6-10-18(15)24-20)22-19(23)13-25-12-14-7-3-5-9-16(14)21/h3-10,17H,11-13H2,1-2H3,(H,22,23)/t17-/m0/s1. The number of benzene rings is 2. The summed E-state index contributed by atoms with van der Waals surface area (Å²) in [5.41, 5.74) is 1.30. The van der Waals surface area contributed by atoms with Crippen LogP contribution in [0.1, 0.15) is 37.4 Å². The zero-order valence-electron chi connectivity index (χ0n) is 14.4. The number of carbonyl (C=O) groups is 1. The number of nitrogens with one attached hydrogen (secondary N) is 1. The monoisotopic (exact) mass is 359 g/mol. The fraction of sp³-hybridized carbons (Fsp3) is 0.350. The van der Waals surface area contributed by atoms with E-state index in [-0.39, 0.29) is 23.4 Å². The molecule has 25 heavy (non-hydrogen) atoms. The Hall–Kier alpha value is -2.01. The zero-order valence-corrected chi connectivity index (χ0v) is 15.2. The van der Waals surface area contributed by atoms with Crippen LogP contribution in [0.2, 0.25) is 0 Å². The molecular formula is C20H22FNO2S. The highest BCUT2D eigenvalue weighted by atomic mass is 32.2. The molecule has 0 unspecified atom stereocenters. The average Bonchev–Trinajstić information content (AvgIpc) is 2.55. The lowest BCUT2D eigenvalue weighted by molar-refractivity contribution is -0.119. The van der Waals surface area contributed by atoms with Crippen molar-refractivity contribution in [3.8, 4) is 5.75 Å². The number of halogens is 1. The fourth-order valence-corrected chi connectivity index (χ4v) is 3.86. The van der Waals surface area contributed by atoms with Crippen molar-refractivity contribution in [2.75, 3.05) is 5.75 Å². The van der Waals surface area contributed by atoms with Gasteiger partial charge in [0, 0.05) is 17.7 Å². The normalized spacial score (nSPS) is 18.1. The molecule has 2 aromatic carbocycles. The van der Waals surface area contributed by atoms with E-state index in [2.05, 4.69) is 5.32 Å². The minimum atomic E-state index is -0.327. The number of fused-ring (bicyclic) bond motifs is 1. The number of amides is 1. The van der Waals surface area contributed by atoms with Gasteiger partial charge in [-0.25, -0.2) is 4.39 Å². The molecule has 1 N–H and O–H groups in total. The second-order valence-electron chi connectivity index (χ2n) is 6.81. The Bertz CT molecular complexity index is 763. The molecule has 1 aliphatic heterocycles. The fourth-order valence-electron chi connectivity index (χ4n) is 3.04. The zero-order chi connectivity index (χ0) is 17.9. The summed E-state index contributed by atoms with van der Waals surface area (Å²) in [5.74, 6) is 1.34. The third kappa shape index (κ3) is 4.54. The summed E-state index contributed by atoms with van der Waals surface area (Å²) < 4.78 is 19.6. The molecule has 0 bridgehead atoms. The van der Waals surface area contributed by atoms with E-state index in [1.807, 2.05) is 38.1 Å². The SMILES string of the molecule is CC1(C)C[C@H](NC(=O)CSCc2ccccc2F)c2ccccc2O1. The number of rotatable bonds is 5. The molecular weight excluding hydrogens is 337 g/mol. The third-order valence-electron chi connectivity index (χ3n) is 4.16. The predicted octanol–water partition coefficient (Wildman–Crippen LogP) is 4.48. The van der Waals surface area contributed by atoms with Crippen LogP contribution in [0, 0.1) is 5.82 Å². The summed E-state index contributed by atoms with van der Waals surface area (Å²) in [5, 5.41) is 3.10. The van der Waals surface area contributed by atoms with E-state index in [1.54, 1.807) is 18.2 Å². The van der Waals surface area contributed by atoms with Crippen LogP contribution in [0.5, 0.6) is 5.75 Å². The maximum Gasteiger partial charge on any atom is 0.230 e. The topological polar surface area (TPSA) is 38.3 Å². The minimum Gasteiger partial charge on any atom is -0.487 e. The summed E-state index contributed by atoms with van der Waals surface area (Å²) in [6, 6.07) is 14.4. The largest absolute Gasteiger partial charge is 0.487 e. The van der Waals surface area contributed by atoms with Crippen molar-refractivity contribution in [2.24, 2.45) is 0 Å². The minimum absolute atomic E-state index is 0.0427. The number of thioether (sulfide) groups is 1. The van der Waals surface area contributed by atoms with Gasteiger partial charge in [0.25, 0.3) is 0 Å². The molecule has 1 aliphatic rings. The molecule has 0 spiro atoms. The summed E-state index contributed by atoms with van der Waals surface area (Å²) in [4.78, 5) is 12.3. The smallest absolute Gasteiger partial charge is 0.230 e. The highest BCUT2D eigenvalue weighted by Crippen LogP contribution is 2.39. The van der Waals surface area contributed by atoms with Crippen molar-refractivity contribution in [2.45, 2.75) is 37.7 Å². The van der Waals surface area contributed by atoms with E-state index in [0.29, 0.717) is 23.5 Å². The van der Waals surface area contributed by atoms with Crippen molar-refractivity contribution >= 4 is 17.7 Å². The van der Waals surface area contributed by atoms with Gasteiger partial charge in [-0.1, -0.05) is 36.4 Å². The Balaban J connectivity index is 1.58. The van der Waals surface area contributed by atoms with Gasteiger partial charge in [-0.3, -0.25) is 4.79 Å². The van der Waals surface area contributed by atoms with Gasteiger partial charge < -0.3 is 10.1 Å². The Morgan fingerprint density at radius 2 is 1.96 bits per heavy atom. The number of para-hydroxylation sites is 1. The average molecular weight is 359 g/mol. The van der Waals surface area contributed by atoms with Gasteiger partial charge >= 0.3 is 0 Å². The van der Waals surface area contributed by atoms with E-state index in [9.17, 15) is 9.18 Å². The molecule has 3 nitrogen and oxygen atoms in total. The summed E-state index contributed by atoms with van der Waals surface area (Å²) in [6.45, 7) is 4.05. The third-order valence-corrected chi connectivity index (χ3v) is 5.14. The van der Waals surface area contributed by atoms with Crippen molar-refractivity contribution < 1.29 is 13.9 Å². The molecule has 1 amide bonds. The lowest BCUT2D eigenvalue weighted by Gasteiger charge is -2.37. The maximum atomic E-state index is 13.6. The predicted molar refractivity (Wildman–Crippen MR) is 99.2 cm³/mol. The molecule has 5 heteroatoms. The van der Waals surface area contributed by atoms with Gasteiger partial charge in [0.05, 0.1) is 11.8 Å². The lowest BCUT2D eigenvalue weighted by Crippen LogP contribution is -2.41. The highest BCUT2D eigenvalue weighted by Gasteiger charge is 2.34. The number of carbonyl (C=O) groups excluding carboxylic acids is 1. The van der Waals surface area contributed by atoms with E-state index in [0.717, 1.165) is 11.3 Å². The Morgan fingerprint density at radius 1 is 1.24 bits per heavy atom. The molecule has 0 fully saturated rings. The molecule has 1 atom stereocenters. The van der Waals surface area contributed by atoms with Gasteiger partial charge in [0.2, 0.25) is 5.91 Å².